The van der Waals surface area contributed by atoms with Crippen molar-refractivity contribution < 1.29 is 5.11 Å². The molecule has 1 unspecified atom stereocenters. The first-order chi connectivity index (χ1) is 7.77. The zero-order chi connectivity index (χ0) is 11.4. The van der Waals surface area contributed by atoms with Gasteiger partial charge in [0.25, 0.3) is 0 Å². The van der Waals surface area contributed by atoms with Crippen LogP contribution in [-0.4, -0.2) is 5.11 Å². The molecule has 0 aliphatic heterocycles. The second kappa shape index (κ2) is 4.84. The molecule has 1 heteroatoms. The maximum atomic E-state index is 10.9. The van der Waals surface area contributed by atoms with E-state index in [9.17, 15) is 5.11 Å². The number of hydrogen-bond donors (Lipinski definition) is 1. The third kappa shape index (κ3) is 2.05. The molecule has 1 fully saturated rings. The van der Waals surface area contributed by atoms with Crippen molar-refractivity contribution in [1.82, 2.24) is 0 Å². The third-order valence-electron chi connectivity index (χ3n) is 3.76. The summed E-state index contributed by atoms with van der Waals surface area (Å²) in [4.78, 5) is 0. The summed E-state index contributed by atoms with van der Waals surface area (Å²) >= 11 is 0. The number of hydrogen-bond acceptors (Lipinski definition) is 1. The lowest BCUT2D eigenvalue weighted by atomic mass is 9.78. The Balaban J connectivity index is 2.30. The molecule has 0 amide bonds. The van der Waals surface area contributed by atoms with Gasteiger partial charge < -0.3 is 5.11 Å². The molecule has 1 aromatic rings. The molecule has 1 aliphatic rings. The fourth-order valence-corrected chi connectivity index (χ4v) is 2.87. The molecule has 1 nitrogen and oxygen atoms in total. The van der Waals surface area contributed by atoms with E-state index in [1.165, 1.54) is 12.8 Å². The quantitative estimate of drug-likeness (QED) is 0.762. The van der Waals surface area contributed by atoms with Crippen LogP contribution in [0.25, 0.3) is 0 Å². The molecule has 0 bridgehead atoms. The van der Waals surface area contributed by atoms with E-state index in [2.05, 4.69) is 6.58 Å². The van der Waals surface area contributed by atoms with Crippen LogP contribution in [0.15, 0.2) is 43.0 Å². The summed E-state index contributed by atoms with van der Waals surface area (Å²) in [6.07, 6.45) is 7.26. The lowest BCUT2D eigenvalue weighted by Crippen LogP contribution is -2.33. The molecule has 1 N–H and O–H groups in total. The highest BCUT2D eigenvalue weighted by atomic mass is 16.3. The average molecular weight is 216 g/mol. The van der Waals surface area contributed by atoms with Crippen LogP contribution in [-0.2, 0) is 5.60 Å². The van der Waals surface area contributed by atoms with E-state index in [4.69, 9.17) is 0 Å². The Morgan fingerprint density at radius 3 is 2.44 bits per heavy atom. The molecule has 0 saturated heterocycles. The van der Waals surface area contributed by atoms with Crippen LogP contribution in [0.2, 0.25) is 0 Å². The second-order valence-electron chi connectivity index (χ2n) is 4.76. The minimum Gasteiger partial charge on any atom is -0.385 e. The van der Waals surface area contributed by atoms with Gasteiger partial charge in [-0.1, -0.05) is 49.2 Å². The maximum Gasteiger partial charge on any atom is 0.0958 e. The van der Waals surface area contributed by atoms with Gasteiger partial charge in [0.1, 0.15) is 0 Å². The first kappa shape index (κ1) is 11.4. The van der Waals surface area contributed by atoms with Gasteiger partial charge in [-0.05, 0) is 30.7 Å². The van der Waals surface area contributed by atoms with Crippen LogP contribution < -0.4 is 0 Å². The highest BCUT2D eigenvalue weighted by molar-refractivity contribution is 5.24. The van der Waals surface area contributed by atoms with Gasteiger partial charge in [-0.15, -0.1) is 6.58 Å². The van der Waals surface area contributed by atoms with E-state index in [0.717, 1.165) is 18.4 Å². The Labute approximate surface area is 97.8 Å². The van der Waals surface area contributed by atoms with Gasteiger partial charge in [0.2, 0.25) is 0 Å². The lowest BCUT2D eigenvalue weighted by molar-refractivity contribution is -0.0192. The first-order valence-corrected chi connectivity index (χ1v) is 6.16. The Bertz CT molecular complexity index is 338. The van der Waals surface area contributed by atoms with Gasteiger partial charge in [0.05, 0.1) is 5.60 Å². The third-order valence-corrected chi connectivity index (χ3v) is 3.76. The Morgan fingerprint density at radius 2 is 1.88 bits per heavy atom. The van der Waals surface area contributed by atoms with E-state index >= 15 is 0 Å². The minimum absolute atomic E-state index is 0.396. The Morgan fingerprint density at radius 1 is 1.25 bits per heavy atom. The average Bonchev–Trinajstić information content (AvgIpc) is 2.84. The first-order valence-electron chi connectivity index (χ1n) is 6.16. The summed E-state index contributed by atoms with van der Waals surface area (Å²) in [6.45, 7) is 3.78. The zero-order valence-corrected chi connectivity index (χ0v) is 9.73. The molecular formula is C15H20O. The van der Waals surface area contributed by atoms with Gasteiger partial charge in [-0.2, -0.15) is 0 Å². The van der Waals surface area contributed by atoms with Gasteiger partial charge >= 0.3 is 0 Å². The zero-order valence-electron chi connectivity index (χ0n) is 9.73. The molecule has 1 aliphatic carbocycles. The SMILES string of the molecule is C=CCC(O)(c1ccccc1)C1CCCC1. The molecule has 16 heavy (non-hydrogen) atoms. The van der Waals surface area contributed by atoms with E-state index < -0.39 is 5.60 Å². The van der Waals surface area contributed by atoms with Gasteiger partial charge in [0.15, 0.2) is 0 Å². The van der Waals surface area contributed by atoms with E-state index in [1.807, 2.05) is 36.4 Å². The number of aliphatic hydroxyl groups is 1. The second-order valence-corrected chi connectivity index (χ2v) is 4.76. The maximum absolute atomic E-state index is 10.9. The minimum atomic E-state index is -0.695. The van der Waals surface area contributed by atoms with E-state index in [0.29, 0.717) is 12.3 Å². The van der Waals surface area contributed by atoms with Gasteiger partial charge in [0, 0.05) is 0 Å². The summed E-state index contributed by atoms with van der Waals surface area (Å²) in [5, 5.41) is 10.9. The standard InChI is InChI=1S/C15H20O/c1-2-12-15(16,14-10-6-7-11-14)13-8-4-3-5-9-13/h2-5,8-9,14,16H,1,6-7,10-12H2. The van der Waals surface area contributed by atoms with Crippen molar-refractivity contribution in [2.45, 2.75) is 37.7 Å². The molecule has 1 atom stereocenters. The highest BCUT2D eigenvalue weighted by Gasteiger charge is 2.38. The van der Waals surface area contributed by atoms with Crippen molar-refractivity contribution in [3.05, 3.63) is 48.6 Å². The summed E-state index contributed by atoms with van der Waals surface area (Å²) < 4.78 is 0. The van der Waals surface area contributed by atoms with Crippen LogP contribution in [0.1, 0.15) is 37.7 Å². The molecule has 2 rings (SSSR count). The predicted molar refractivity (Wildman–Crippen MR) is 67.1 cm³/mol. The molecule has 86 valence electrons. The van der Waals surface area contributed by atoms with Crippen molar-refractivity contribution >= 4 is 0 Å². The lowest BCUT2D eigenvalue weighted by Gasteiger charge is -2.34. The molecule has 0 spiro atoms. The van der Waals surface area contributed by atoms with Crippen molar-refractivity contribution in [3.63, 3.8) is 0 Å². The van der Waals surface area contributed by atoms with E-state index in [1.54, 1.807) is 0 Å². The van der Waals surface area contributed by atoms with Gasteiger partial charge in [-0.3, -0.25) is 0 Å². The molecule has 0 heterocycles. The van der Waals surface area contributed by atoms with Crippen molar-refractivity contribution in [1.29, 1.82) is 0 Å². The summed E-state index contributed by atoms with van der Waals surface area (Å²) in [5.74, 6) is 0.396. The van der Waals surface area contributed by atoms with Crippen LogP contribution in [0, 0.1) is 5.92 Å². The monoisotopic (exact) mass is 216 g/mol. The Hall–Kier alpha value is -1.08. The fraction of sp³-hybridized carbons (Fsp3) is 0.467. The topological polar surface area (TPSA) is 20.2 Å². The molecule has 1 aromatic carbocycles. The summed E-state index contributed by atoms with van der Waals surface area (Å²) in [6, 6.07) is 10.0. The van der Waals surface area contributed by atoms with Crippen molar-refractivity contribution in [2.24, 2.45) is 5.92 Å². The molecule has 1 saturated carbocycles. The predicted octanol–water partition coefficient (Wildman–Crippen LogP) is 3.64. The fourth-order valence-electron chi connectivity index (χ4n) is 2.87. The van der Waals surface area contributed by atoms with E-state index in [-0.39, 0.29) is 0 Å². The highest BCUT2D eigenvalue weighted by Crippen LogP contribution is 2.42. The van der Waals surface area contributed by atoms with Crippen LogP contribution in [0.4, 0.5) is 0 Å². The van der Waals surface area contributed by atoms with Gasteiger partial charge in [-0.25, -0.2) is 0 Å². The normalized spacial score (nSPS) is 20.6. The van der Waals surface area contributed by atoms with Crippen molar-refractivity contribution in [3.8, 4) is 0 Å². The van der Waals surface area contributed by atoms with Crippen LogP contribution >= 0.6 is 0 Å². The molecular weight excluding hydrogens is 196 g/mol. The number of benzene rings is 1. The molecule has 0 radical (unpaired) electrons. The Kier molecular flexibility index (Phi) is 3.45. The smallest absolute Gasteiger partial charge is 0.0958 e. The van der Waals surface area contributed by atoms with Crippen molar-refractivity contribution in [2.75, 3.05) is 0 Å². The largest absolute Gasteiger partial charge is 0.385 e. The molecule has 0 aromatic heterocycles. The summed E-state index contributed by atoms with van der Waals surface area (Å²) in [7, 11) is 0. The number of rotatable bonds is 4. The summed E-state index contributed by atoms with van der Waals surface area (Å²) in [5.41, 5.74) is 0.348. The van der Waals surface area contributed by atoms with Crippen LogP contribution in [0.5, 0.6) is 0 Å². The van der Waals surface area contributed by atoms with Crippen LogP contribution in [0.3, 0.4) is 0 Å².